The smallest absolute Gasteiger partial charge is 0.330 e. The lowest BCUT2D eigenvalue weighted by atomic mass is 10.0. The molecule has 0 aliphatic carbocycles. The van der Waals surface area contributed by atoms with E-state index in [1.54, 1.807) is 42.5 Å². The van der Waals surface area contributed by atoms with E-state index in [0.29, 0.717) is 11.3 Å². The van der Waals surface area contributed by atoms with Crippen molar-refractivity contribution >= 4 is 29.4 Å². The molecule has 0 bridgehead atoms. The molecule has 0 unspecified atom stereocenters. The first-order valence-corrected chi connectivity index (χ1v) is 10.2. The fraction of sp³-hybridized carbons (Fsp3) is 0.120. The maximum absolute atomic E-state index is 13.0. The highest BCUT2D eigenvalue weighted by atomic mass is 19.1. The Balaban J connectivity index is 1.50. The molecule has 3 amide bonds. The van der Waals surface area contributed by atoms with Crippen LogP contribution in [0.5, 0.6) is 0 Å². The van der Waals surface area contributed by atoms with Gasteiger partial charge in [-0.3, -0.25) is 19.3 Å². The molecule has 1 aliphatic heterocycles. The number of amides is 3. The van der Waals surface area contributed by atoms with Crippen LogP contribution >= 0.6 is 0 Å². The second-order valence-corrected chi connectivity index (χ2v) is 7.39. The van der Waals surface area contributed by atoms with Gasteiger partial charge in [-0.2, -0.15) is 0 Å². The van der Waals surface area contributed by atoms with Gasteiger partial charge in [0.25, 0.3) is 17.7 Å². The molecule has 1 heterocycles. The van der Waals surface area contributed by atoms with Gasteiger partial charge in [-0.15, -0.1) is 0 Å². The highest BCUT2D eigenvalue weighted by molar-refractivity contribution is 6.22. The number of halogens is 1. The van der Waals surface area contributed by atoms with Gasteiger partial charge in [-0.05, 0) is 42.0 Å². The first-order chi connectivity index (χ1) is 15.9. The number of fused-ring (bicyclic) bond motifs is 1. The zero-order valence-electron chi connectivity index (χ0n) is 17.4. The van der Waals surface area contributed by atoms with Crippen LogP contribution in [0.1, 0.15) is 26.3 Å². The van der Waals surface area contributed by atoms with Gasteiger partial charge in [0.2, 0.25) is 0 Å². The van der Waals surface area contributed by atoms with E-state index in [2.05, 4.69) is 5.32 Å². The number of esters is 1. The van der Waals surface area contributed by atoms with Crippen molar-refractivity contribution in [3.63, 3.8) is 0 Å². The van der Waals surface area contributed by atoms with Gasteiger partial charge in [0.1, 0.15) is 11.9 Å². The average molecular weight is 446 g/mol. The van der Waals surface area contributed by atoms with Crippen LogP contribution in [0.3, 0.4) is 0 Å². The Kier molecular flexibility index (Phi) is 6.26. The summed E-state index contributed by atoms with van der Waals surface area (Å²) >= 11 is 0. The summed E-state index contributed by atoms with van der Waals surface area (Å²) in [6.45, 7) is -0.634. The van der Waals surface area contributed by atoms with Crippen LogP contribution in [0.2, 0.25) is 0 Å². The Morgan fingerprint density at radius 2 is 1.42 bits per heavy atom. The molecular formula is C25H19FN2O5. The quantitative estimate of drug-likeness (QED) is 0.444. The van der Waals surface area contributed by atoms with Crippen molar-refractivity contribution in [1.82, 2.24) is 4.90 Å². The summed E-state index contributed by atoms with van der Waals surface area (Å²) < 4.78 is 18.2. The zero-order valence-corrected chi connectivity index (χ0v) is 17.4. The first kappa shape index (κ1) is 21.9. The molecule has 8 heteroatoms. The van der Waals surface area contributed by atoms with Crippen molar-refractivity contribution < 1.29 is 28.3 Å². The molecular weight excluding hydrogens is 427 g/mol. The number of carbonyl (C=O) groups excluding carboxylic acids is 4. The minimum atomic E-state index is -1.25. The minimum Gasteiger partial charge on any atom is -0.454 e. The summed E-state index contributed by atoms with van der Waals surface area (Å²) in [6, 6.07) is 19.0. The summed E-state index contributed by atoms with van der Waals surface area (Å²) in [5.74, 6) is -3.17. The normalized spacial score (nSPS) is 13.4. The summed E-state index contributed by atoms with van der Waals surface area (Å²) in [5, 5.41) is 2.48. The van der Waals surface area contributed by atoms with Gasteiger partial charge < -0.3 is 10.1 Å². The summed E-state index contributed by atoms with van der Waals surface area (Å²) in [6.07, 6.45) is 0.0325. The molecule has 0 aromatic heterocycles. The third-order valence-corrected chi connectivity index (χ3v) is 5.15. The summed E-state index contributed by atoms with van der Waals surface area (Å²) in [7, 11) is 0. The van der Waals surface area contributed by atoms with Crippen LogP contribution in [0, 0.1) is 5.82 Å². The van der Waals surface area contributed by atoms with Gasteiger partial charge in [-0.1, -0.05) is 42.5 Å². The van der Waals surface area contributed by atoms with Crippen molar-refractivity contribution in [1.29, 1.82) is 0 Å². The Labute approximate surface area is 188 Å². The number of hydrogen-bond acceptors (Lipinski definition) is 5. The van der Waals surface area contributed by atoms with Crippen molar-refractivity contribution in [2.24, 2.45) is 0 Å². The average Bonchev–Trinajstić information content (AvgIpc) is 3.08. The van der Waals surface area contributed by atoms with E-state index in [9.17, 15) is 23.6 Å². The van der Waals surface area contributed by atoms with E-state index < -0.39 is 42.2 Å². The van der Waals surface area contributed by atoms with Gasteiger partial charge in [0, 0.05) is 12.1 Å². The molecule has 1 N–H and O–H groups in total. The van der Waals surface area contributed by atoms with Crippen molar-refractivity contribution in [3.8, 4) is 0 Å². The molecule has 4 rings (SSSR count). The second-order valence-electron chi connectivity index (χ2n) is 7.39. The van der Waals surface area contributed by atoms with E-state index in [0.717, 1.165) is 4.90 Å². The van der Waals surface area contributed by atoms with Gasteiger partial charge in [-0.25, -0.2) is 9.18 Å². The third-order valence-electron chi connectivity index (χ3n) is 5.15. The topological polar surface area (TPSA) is 92.8 Å². The fourth-order valence-electron chi connectivity index (χ4n) is 3.57. The zero-order chi connectivity index (χ0) is 23.4. The minimum absolute atomic E-state index is 0.0325. The number of benzene rings is 3. The largest absolute Gasteiger partial charge is 0.454 e. The molecule has 1 aliphatic rings. The van der Waals surface area contributed by atoms with Crippen molar-refractivity contribution in [2.45, 2.75) is 12.5 Å². The number of ether oxygens (including phenoxy) is 1. The molecule has 1 atom stereocenters. The van der Waals surface area contributed by atoms with Crippen LogP contribution in [0.4, 0.5) is 10.1 Å². The Morgan fingerprint density at radius 1 is 0.848 bits per heavy atom. The Morgan fingerprint density at radius 3 is 2.03 bits per heavy atom. The number of anilines is 1. The van der Waals surface area contributed by atoms with E-state index in [4.69, 9.17) is 4.74 Å². The molecule has 3 aromatic carbocycles. The molecule has 0 fully saturated rings. The number of imide groups is 1. The number of nitrogens with zero attached hydrogens (tertiary/aromatic N) is 1. The predicted molar refractivity (Wildman–Crippen MR) is 117 cm³/mol. The highest BCUT2D eigenvalue weighted by Crippen LogP contribution is 2.26. The van der Waals surface area contributed by atoms with Gasteiger partial charge in [0.05, 0.1) is 11.1 Å². The SMILES string of the molecule is O=C(COC(=O)[C@@H](Cc1ccccc1)N1C(=O)c2ccccc2C1=O)Nc1ccc(F)cc1. The molecule has 0 saturated carbocycles. The molecule has 33 heavy (non-hydrogen) atoms. The molecule has 3 aromatic rings. The lowest BCUT2D eigenvalue weighted by molar-refractivity contribution is -0.151. The van der Waals surface area contributed by atoms with Crippen LogP contribution < -0.4 is 5.32 Å². The summed E-state index contributed by atoms with van der Waals surface area (Å²) in [4.78, 5) is 51.9. The Hall–Kier alpha value is -4.33. The molecule has 0 spiro atoms. The number of rotatable bonds is 7. The van der Waals surface area contributed by atoms with Crippen molar-refractivity contribution in [3.05, 3.63) is 101 Å². The van der Waals surface area contributed by atoms with Gasteiger partial charge >= 0.3 is 5.97 Å². The van der Waals surface area contributed by atoms with Crippen molar-refractivity contribution in [2.75, 3.05) is 11.9 Å². The van der Waals surface area contributed by atoms with Gasteiger partial charge in [0.15, 0.2) is 6.61 Å². The first-order valence-electron chi connectivity index (χ1n) is 10.2. The number of hydrogen-bond donors (Lipinski definition) is 1. The van der Waals surface area contributed by atoms with E-state index in [1.165, 1.54) is 36.4 Å². The highest BCUT2D eigenvalue weighted by Gasteiger charge is 2.43. The van der Waals surface area contributed by atoms with Crippen LogP contribution in [-0.2, 0) is 20.7 Å². The molecule has 0 saturated heterocycles. The number of carbonyl (C=O) groups is 4. The van der Waals surface area contributed by atoms with E-state index in [1.807, 2.05) is 0 Å². The molecule has 0 radical (unpaired) electrons. The second kappa shape index (κ2) is 9.44. The monoisotopic (exact) mass is 446 g/mol. The lowest BCUT2D eigenvalue weighted by Crippen LogP contribution is -2.47. The van der Waals surface area contributed by atoms with E-state index in [-0.39, 0.29) is 17.5 Å². The lowest BCUT2D eigenvalue weighted by Gasteiger charge is -2.24. The van der Waals surface area contributed by atoms with Crippen LogP contribution in [0.15, 0.2) is 78.9 Å². The number of nitrogens with one attached hydrogen (secondary N) is 1. The van der Waals surface area contributed by atoms with Crippen LogP contribution in [0.25, 0.3) is 0 Å². The standard InChI is InChI=1S/C25H19FN2O5/c26-17-10-12-18(13-11-17)27-22(29)15-33-25(32)21(14-16-6-2-1-3-7-16)28-23(30)19-8-4-5-9-20(19)24(28)31/h1-13,21H,14-15H2,(H,27,29)/t21-/m1/s1. The predicted octanol–water partition coefficient (Wildman–Crippen LogP) is 3.21. The maximum Gasteiger partial charge on any atom is 0.330 e. The maximum atomic E-state index is 13.0. The third kappa shape index (κ3) is 4.79. The van der Waals surface area contributed by atoms with E-state index >= 15 is 0 Å². The molecule has 166 valence electrons. The summed E-state index contributed by atoms with van der Waals surface area (Å²) in [5.41, 5.74) is 1.47. The van der Waals surface area contributed by atoms with Crippen LogP contribution in [-0.4, -0.2) is 41.2 Å². The fourth-order valence-corrected chi connectivity index (χ4v) is 3.57. The Bertz CT molecular complexity index is 1180. The molecule has 7 nitrogen and oxygen atoms in total.